The SMILES string of the molecule is O=[N+]([O-])c1cc(Cl)c(N=Nc2c(-c3ccccc3)n(CCO)c3ccccc23)c(Cl)c1. The number of nitro groups is 1. The van der Waals surface area contributed by atoms with Gasteiger partial charge >= 0.3 is 0 Å². The van der Waals surface area contributed by atoms with Gasteiger partial charge in [-0.05, 0) is 6.07 Å². The minimum atomic E-state index is -0.575. The lowest BCUT2D eigenvalue weighted by molar-refractivity contribution is -0.384. The summed E-state index contributed by atoms with van der Waals surface area (Å²) in [5.41, 5.74) is 3.09. The number of aliphatic hydroxyl groups excluding tert-OH is 1. The lowest BCUT2D eigenvalue weighted by atomic mass is 10.1. The second-order valence-corrected chi connectivity index (χ2v) is 7.49. The van der Waals surface area contributed by atoms with Crippen LogP contribution in [0.4, 0.5) is 17.1 Å². The zero-order chi connectivity index (χ0) is 22.0. The van der Waals surface area contributed by atoms with Crippen LogP contribution in [0, 0.1) is 10.1 Å². The summed E-state index contributed by atoms with van der Waals surface area (Å²) in [6.45, 7) is 0.328. The molecule has 0 spiro atoms. The van der Waals surface area contributed by atoms with Crippen molar-refractivity contribution in [2.24, 2.45) is 10.2 Å². The Hall–Kier alpha value is -3.26. The van der Waals surface area contributed by atoms with Crippen LogP contribution in [0.3, 0.4) is 0 Å². The molecule has 31 heavy (non-hydrogen) atoms. The van der Waals surface area contributed by atoms with Gasteiger partial charge in [0.1, 0.15) is 11.4 Å². The third-order valence-corrected chi connectivity index (χ3v) is 5.35. The summed E-state index contributed by atoms with van der Waals surface area (Å²) in [7, 11) is 0. The van der Waals surface area contributed by atoms with E-state index in [-0.39, 0.29) is 28.0 Å². The second-order valence-electron chi connectivity index (χ2n) is 6.67. The molecule has 0 aliphatic rings. The van der Waals surface area contributed by atoms with Crippen molar-refractivity contribution in [3.8, 4) is 11.3 Å². The first-order valence-corrected chi connectivity index (χ1v) is 10.1. The average Bonchev–Trinajstić information content (AvgIpc) is 3.07. The number of nitro benzene ring substituents is 1. The summed E-state index contributed by atoms with van der Waals surface area (Å²) >= 11 is 12.4. The molecule has 156 valence electrons. The maximum Gasteiger partial charge on any atom is 0.272 e. The van der Waals surface area contributed by atoms with Crippen LogP contribution in [0.1, 0.15) is 0 Å². The Morgan fingerprint density at radius 1 is 0.935 bits per heavy atom. The molecule has 9 heteroatoms. The van der Waals surface area contributed by atoms with E-state index >= 15 is 0 Å². The largest absolute Gasteiger partial charge is 0.395 e. The molecule has 0 unspecified atom stereocenters. The van der Waals surface area contributed by atoms with Gasteiger partial charge in [-0.15, -0.1) is 10.2 Å². The van der Waals surface area contributed by atoms with Crippen molar-refractivity contribution >= 4 is 51.2 Å². The van der Waals surface area contributed by atoms with Crippen LogP contribution in [-0.2, 0) is 6.54 Å². The Balaban J connectivity index is 1.93. The summed E-state index contributed by atoms with van der Waals surface area (Å²) in [5.74, 6) is 0. The first-order valence-electron chi connectivity index (χ1n) is 9.34. The zero-order valence-electron chi connectivity index (χ0n) is 16.1. The minimum Gasteiger partial charge on any atom is -0.395 e. The van der Waals surface area contributed by atoms with Crippen molar-refractivity contribution in [3.05, 3.63) is 86.9 Å². The van der Waals surface area contributed by atoms with Crippen LogP contribution in [0.25, 0.3) is 22.2 Å². The Morgan fingerprint density at radius 3 is 2.19 bits per heavy atom. The number of nitrogens with zero attached hydrogens (tertiary/aromatic N) is 4. The standard InChI is InChI=1S/C22H16Cl2N4O3/c23-17-12-15(28(30)31)13-18(24)21(17)26-25-20-16-8-4-5-9-19(16)27(10-11-29)22(20)14-6-2-1-3-7-14/h1-9,12-13,29H,10-11H2. The molecule has 0 aliphatic carbocycles. The van der Waals surface area contributed by atoms with Crippen molar-refractivity contribution < 1.29 is 10.0 Å². The molecular formula is C22H16Cl2N4O3. The Kier molecular flexibility index (Phi) is 5.99. The molecule has 0 amide bonds. The van der Waals surface area contributed by atoms with E-state index in [1.807, 2.05) is 59.2 Å². The van der Waals surface area contributed by atoms with Crippen LogP contribution in [0.15, 0.2) is 77.0 Å². The molecule has 0 radical (unpaired) electrons. The summed E-state index contributed by atoms with van der Waals surface area (Å²) in [6, 6.07) is 19.7. The van der Waals surface area contributed by atoms with Crippen LogP contribution in [-0.4, -0.2) is 21.2 Å². The minimum absolute atomic E-state index is 0.0308. The number of fused-ring (bicyclic) bond motifs is 1. The van der Waals surface area contributed by atoms with Crippen molar-refractivity contribution in [3.63, 3.8) is 0 Å². The van der Waals surface area contributed by atoms with E-state index < -0.39 is 4.92 Å². The molecular weight excluding hydrogens is 439 g/mol. The van der Waals surface area contributed by atoms with Gasteiger partial charge in [0.05, 0.1) is 32.8 Å². The topological polar surface area (TPSA) is 93.0 Å². The first-order chi connectivity index (χ1) is 15.0. The van der Waals surface area contributed by atoms with Gasteiger partial charge in [0.25, 0.3) is 5.69 Å². The summed E-state index contributed by atoms with van der Waals surface area (Å²) < 4.78 is 1.98. The highest BCUT2D eigenvalue weighted by atomic mass is 35.5. The number of hydrogen-bond acceptors (Lipinski definition) is 5. The third kappa shape index (κ3) is 4.03. The second kappa shape index (κ2) is 8.85. The highest BCUT2D eigenvalue weighted by Gasteiger charge is 2.19. The van der Waals surface area contributed by atoms with E-state index in [0.717, 1.165) is 22.2 Å². The number of halogens is 2. The molecule has 0 atom stereocenters. The fourth-order valence-electron chi connectivity index (χ4n) is 3.46. The number of benzene rings is 3. The third-order valence-electron chi connectivity index (χ3n) is 4.78. The molecule has 4 aromatic rings. The van der Waals surface area contributed by atoms with Gasteiger partial charge in [-0.25, -0.2) is 0 Å². The van der Waals surface area contributed by atoms with E-state index in [1.165, 1.54) is 12.1 Å². The predicted octanol–water partition coefficient (Wildman–Crippen LogP) is 6.93. The number of aliphatic hydroxyl groups is 1. The van der Waals surface area contributed by atoms with Crippen molar-refractivity contribution in [2.75, 3.05) is 6.61 Å². The van der Waals surface area contributed by atoms with E-state index in [4.69, 9.17) is 23.2 Å². The number of non-ortho nitro benzene ring substituents is 1. The molecule has 3 aromatic carbocycles. The van der Waals surface area contributed by atoms with Crippen molar-refractivity contribution in [2.45, 2.75) is 6.54 Å². The van der Waals surface area contributed by atoms with Crippen LogP contribution >= 0.6 is 23.2 Å². The van der Waals surface area contributed by atoms with Gasteiger partial charge in [-0.2, -0.15) is 0 Å². The zero-order valence-corrected chi connectivity index (χ0v) is 17.6. The molecule has 1 N–H and O–H groups in total. The van der Waals surface area contributed by atoms with Gasteiger partial charge in [-0.3, -0.25) is 10.1 Å². The van der Waals surface area contributed by atoms with Gasteiger partial charge in [0.2, 0.25) is 0 Å². The quantitative estimate of drug-likeness (QED) is 0.194. The number of rotatable bonds is 6. The molecule has 0 aliphatic heterocycles. The van der Waals surface area contributed by atoms with Gasteiger partial charge in [0, 0.05) is 29.6 Å². The smallest absolute Gasteiger partial charge is 0.272 e. The molecule has 4 rings (SSSR count). The van der Waals surface area contributed by atoms with Crippen molar-refractivity contribution in [1.29, 1.82) is 0 Å². The lowest BCUT2D eigenvalue weighted by Gasteiger charge is -2.10. The molecule has 0 fully saturated rings. The normalized spacial score (nSPS) is 11.5. The molecule has 1 aromatic heterocycles. The van der Waals surface area contributed by atoms with Crippen molar-refractivity contribution in [1.82, 2.24) is 4.57 Å². The number of aromatic nitrogens is 1. The Bertz CT molecular complexity index is 1280. The fourth-order valence-corrected chi connectivity index (χ4v) is 4.01. The maximum absolute atomic E-state index is 11.0. The Labute approximate surface area is 187 Å². The predicted molar refractivity (Wildman–Crippen MR) is 122 cm³/mol. The van der Waals surface area contributed by atoms with E-state index in [1.54, 1.807) is 0 Å². The van der Waals surface area contributed by atoms with Crippen LogP contribution in [0.5, 0.6) is 0 Å². The summed E-state index contributed by atoms with van der Waals surface area (Å²) in [4.78, 5) is 10.4. The maximum atomic E-state index is 11.0. The molecule has 0 saturated carbocycles. The Morgan fingerprint density at radius 2 is 1.55 bits per heavy atom. The first kappa shape index (κ1) is 21.0. The fraction of sp³-hybridized carbons (Fsp3) is 0.0909. The highest BCUT2D eigenvalue weighted by Crippen LogP contribution is 2.43. The van der Waals surface area contributed by atoms with Crippen LogP contribution < -0.4 is 0 Å². The lowest BCUT2D eigenvalue weighted by Crippen LogP contribution is -2.03. The van der Waals surface area contributed by atoms with E-state index in [2.05, 4.69) is 10.2 Å². The highest BCUT2D eigenvalue weighted by molar-refractivity contribution is 6.39. The molecule has 1 heterocycles. The van der Waals surface area contributed by atoms with Gasteiger partial charge in [0.15, 0.2) is 0 Å². The molecule has 0 saturated heterocycles. The van der Waals surface area contributed by atoms with E-state index in [9.17, 15) is 15.2 Å². The van der Waals surface area contributed by atoms with Crippen LogP contribution in [0.2, 0.25) is 10.0 Å². The molecule has 0 bridgehead atoms. The van der Waals surface area contributed by atoms with Gasteiger partial charge < -0.3 is 9.67 Å². The van der Waals surface area contributed by atoms with Gasteiger partial charge in [-0.1, -0.05) is 71.7 Å². The summed E-state index contributed by atoms with van der Waals surface area (Å²) in [6.07, 6.45) is 0. The monoisotopic (exact) mass is 454 g/mol. The summed E-state index contributed by atoms with van der Waals surface area (Å²) in [5, 5.41) is 30.3. The number of hydrogen-bond donors (Lipinski definition) is 1. The number of azo groups is 1. The van der Waals surface area contributed by atoms with E-state index in [0.29, 0.717) is 12.2 Å². The number of para-hydroxylation sites is 1. The average molecular weight is 455 g/mol. The molecule has 7 nitrogen and oxygen atoms in total.